The van der Waals surface area contributed by atoms with Gasteiger partial charge in [0.1, 0.15) is 0 Å². The largest absolute Gasteiger partial charge is 0.374 e. The molecule has 1 aliphatic heterocycles. The fourth-order valence-electron chi connectivity index (χ4n) is 2.87. The first-order chi connectivity index (χ1) is 7.85. The lowest BCUT2D eigenvalue weighted by Crippen LogP contribution is -2.44. The number of ether oxygens (including phenoxy) is 1. The number of nitrogens with two attached hydrogens (primary N) is 1. The van der Waals surface area contributed by atoms with Crippen LogP contribution in [0.5, 0.6) is 0 Å². The lowest BCUT2D eigenvalue weighted by atomic mass is 9.77. The predicted octanol–water partition coefficient (Wildman–Crippen LogP) is 1.76. The van der Waals surface area contributed by atoms with Gasteiger partial charge < -0.3 is 15.4 Å². The van der Waals surface area contributed by atoms with Crippen LogP contribution < -0.4 is 5.73 Å². The summed E-state index contributed by atoms with van der Waals surface area (Å²) in [6.45, 7) is 5.33. The zero-order valence-electron chi connectivity index (χ0n) is 10.4. The van der Waals surface area contributed by atoms with E-state index in [9.17, 15) is 0 Å². The SMILES string of the molecule is NCCC1(OCCN2CCCCC2)CCC1. The maximum atomic E-state index is 6.09. The Hall–Kier alpha value is -0.120. The highest BCUT2D eigenvalue weighted by Crippen LogP contribution is 2.38. The fraction of sp³-hybridized carbons (Fsp3) is 1.00. The summed E-state index contributed by atoms with van der Waals surface area (Å²) >= 11 is 0. The summed E-state index contributed by atoms with van der Waals surface area (Å²) in [4.78, 5) is 2.54. The first kappa shape index (κ1) is 12.3. The summed E-state index contributed by atoms with van der Waals surface area (Å²) < 4.78 is 6.09. The smallest absolute Gasteiger partial charge is 0.0695 e. The minimum absolute atomic E-state index is 0.171. The molecule has 0 atom stereocenters. The second-order valence-electron chi connectivity index (χ2n) is 5.33. The van der Waals surface area contributed by atoms with Crippen molar-refractivity contribution in [1.82, 2.24) is 4.90 Å². The van der Waals surface area contributed by atoms with Crippen LogP contribution >= 0.6 is 0 Å². The van der Waals surface area contributed by atoms with E-state index in [1.165, 1.54) is 51.6 Å². The third-order valence-electron chi connectivity index (χ3n) is 4.13. The van der Waals surface area contributed by atoms with Gasteiger partial charge in [0.05, 0.1) is 12.2 Å². The quantitative estimate of drug-likeness (QED) is 0.750. The maximum absolute atomic E-state index is 6.09. The predicted molar refractivity (Wildman–Crippen MR) is 66.5 cm³/mol. The van der Waals surface area contributed by atoms with Crippen LogP contribution in [-0.2, 0) is 4.74 Å². The van der Waals surface area contributed by atoms with Crippen molar-refractivity contribution in [2.24, 2.45) is 5.73 Å². The van der Waals surface area contributed by atoms with Crippen LogP contribution in [0.3, 0.4) is 0 Å². The van der Waals surface area contributed by atoms with E-state index < -0.39 is 0 Å². The van der Waals surface area contributed by atoms with Crippen LogP contribution in [-0.4, -0.2) is 43.3 Å². The number of hydrogen-bond acceptors (Lipinski definition) is 3. The van der Waals surface area contributed by atoms with Crippen LogP contribution in [0.2, 0.25) is 0 Å². The van der Waals surface area contributed by atoms with Crippen molar-refractivity contribution in [2.75, 3.05) is 32.8 Å². The Labute approximate surface area is 99.3 Å². The molecular weight excluding hydrogens is 200 g/mol. The summed E-state index contributed by atoms with van der Waals surface area (Å²) in [5.74, 6) is 0. The molecule has 1 saturated heterocycles. The Bertz CT molecular complexity index is 198. The van der Waals surface area contributed by atoms with Gasteiger partial charge in [0, 0.05) is 6.54 Å². The zero-order valence-corrected chi connectivity index (χ0v) is 10.4. The molecule has 0 aromatic heterocycles. The first-order valence-corrected chi connectivity index (χ1v) is 6.91. The summed E-state index contributed by atoms with van der Waals surface area (Å²) in [5.41, 5.74) is 5.82. The molecule has 0 unspecified atom stereocenters. The molecule has 3 heteroatoms. The Morgan fingerprint density at radius 2 is 1.81 bits per heavy atom. The second kappa shape index (κ2) is 5.99. The summed E-state index contributed by atoms with van der Waals surface area (Å²) in [5, 5.41) is 0. The van der Waals surface area contributed by atoms with Crippen molar-refractivity contribution in [3.8, 4) is 0 Å². The monoisotopic (exact) mass is 226 g/mol. The first-order valence-electron chi connectivity index (χ1n) is 6.91. The fourth-order valence-corrected chi connectivity index (χ4v) is 2.87. The average Bonchev–Trinajstić information content (AvgIpc) is 2.27. The summed E-state index contributed by atoms with van der Waals surface area (Å²) in [6.07, 6.45) is 8.97. The van der Waals surface area contributed by atoms with Crippen LogP contribution in [0, 0.1) is 0 Å². The van der Waals surface area contributed by atoms with Gasteiger partial charge in [-0.25, -0.2) is 0 Å². The van der Waals surface area contributed by atoms with Crippen LogP contribution in [0.1, 0.15) is 44.9 Å². The molecule has 0 aromatic carbocycles. The van der Waals surface area contributed by atoms with E-state index in [1.807, 2.05) is 0 Å². The third kappa shape index (κ3) is 3.19. The van der Waals surface area contributed by atoms with Gasteiger partial charge >= 0.3 is 0 Å². The van der Waals surface area contributed by atoms with E-state index in [2.05, 4.69) is 4.90 Å². The van der Waals surface area contributed by atoms with Crippen molar-refractivity contribution in [3.05, 3.63) is 0 Å². The van der Waals surface area contributed by atoms with Gasteiger partial charge in [-0.15, -0.1) is 0 Å². The molecule has 2 rings (SSSR count). The maximum Gasteiger partial charge on any atom is 0.0695 e. The van der Waals surface area contributed by atoms with Crippen molar-refractivity contribution in [2.45, 2.75) is 50.5 Å². The third-order valence-corrected chi connectivity index (χ3v) is 4.13. The molecule has 0 spiro atoms. The molecule has 2 aliphatic rings. The van der Waals surface area contributed by atoms with Gasteiger partial charge in [0.25, 0.3) is 0 Å². The molecule has 2 N–H and O–H groups in total. The normalized spacial score (nSPS) is 25.3. The average molecular weight is 226 g/mol. The van der Waals surface area contributed by atoms with Gasteiger partial charge in [-0.2, -0.15) is 0 Å². The number of nitrogens with zero attached hydrogens (tertiary/aromatic N) is 1. The Kier molecular flexibility index (Phi) is 4.62. The Morgan fingerprint density at radius 3 is 2.38 bits per heavy atom. The Morgan fingerprint density at radius 1 is 1.06 bits per heavy atom. The van der Waals surface area contributed by atoms with Crippen molar-refractivity contribution in [3.63, 3.8) is 0 Å². The number of piperidine rings is 1. The van der Waals surface area contributed by atoms with Crippen LogP contribution in [0.15, 0.2) is 0 Å². The lowest BCUT2D eigenvalue weighted by Gasteiger charge is -2.42. The molecule has 0 amide bonds. The molecular formula is C13H26N2O. The van der Waals surface area contributed by atoms with Crippen molar-refractivity contribution >= 4 is 0 Å². The second-order valence-corrected chi connectivity index (χ2v) is 5.33. The molecule has 3 nitrogen and oxygen atoms in total. The molecule has 1 heterocycles. The number of hydrogen-bond donors (Lipinski definition) is 1. The molecule has 2 fully saturated rings. The molecule has 0 radical (unpaired) electrons. The van der Waals surface area contributed by atoms with E-state index in [1.54, 1.807) is 0 Å². The van der Waals surface area contributed by atoms with Gasteiger partial charge in [-0.3, -0.25) is 0 Å². The summed E-state index contributed by atoms with van der Waals surface area (Å²) in [7, 11) is 0. The standard InChI is InChI=1S/C13H26N2O/c14-8-7-13(5-4-6-13)16-12-11-15-9-2-1-3-10-15/h1-12,14H2. The van der Waals surface area contributed by atoms with Gasteiger partial charge in [-0.05, 0) is 58.2 Å². The highest BCUT2D eigenvalue weighted by Gasteiger charge is 2.36. The molecule has 16 heavy (non-hydrogen) atoms. The molecule has 94 valence electrons. The van der Waals surface area contributed by atoms with Gasteiger partial charge in [0.15, 0.2) is 0 Å². The van der Waals surface area contributed by atoms with E-state index in [0.717, 1.165) is 26.1 Å². The topological polar surface area (TPSA) is 38.5 Å². The van der Waals surface area contributed by atoms with Gasteiger partial charge in [0.2, 0.25) is 0 Å². The van der Waals surface area contributed by atoms with E-state index in [4.69, 9.17) is 10.5 Å². The lowest BCUT2D eigenvalue weighted by molar-refractivity contribution is -0.108. The minimum Gasteiger partial charge on any atom is -0.374 e. The van der Waals surface area contributed by atoms with E-state index in [-0.39, 0.29) is 5.60 Å². The van der Waals surface area contributed by atoms with E-state index >= 15 is 0 Å². The molecule has 0 aromatic rings. The van der Waals surface area contributed by atoms with Gasteiger partial charge in [-0.1, -0.05) is 6.42 Å². The van der Waals surface area contributed by atoms with Crippen LogP contribution in [0.4, 0.5) is 0 Å². The molecule has 0 bridgehead atoms. The number of rotatable bonds is 6. The number of likely N-dealkylation sites (tertiary alicyclic amines) is 1. The minimum atomic E-state index is 0.171. The van der Waals surface area contributed by atoms with Crippen LogP contribution in [0.25, 0.3) is 0 Å². The summed E-state index contributed by atoms with van der Waals surface area (Å²) in [6, 6.07) is 0. The Balaban J connectivity index is 1.62. The molecule has 1 aliphatic carbocycles. The zero-order chi connectivity index (χ0) is 11.3. The molecule has 1 saturated carbocycles. The van der Waals surface area contributed by atoms with Crippen molar-refractivity contribution < 1.29 is 4.74 Å². The highest BCUT2D eigenvalue weighted by atomic mass is 16.5. The van der Waals surface area contributed by atoms with E-state index in [0.29, 0.717) is 0 Å². The van der Waals surface area contributed by atoms with Crippen molar-refractivity contribution in [1.29, 1.82) is 0 Å². The highest BCUT2D eigenvalue weighted by molar-refractivity contribution is 4.90.